The Bertz CT molecular complexity index is 718. The average molecular weight is 341 g/mol. The molecule has 1 atom stereocenters. The van der Waals surface area contributed by atoms with Crippen LogP contribution in [0.25, 0.3) is 6.08 Å². The third-order valence-electron chi connectivity index (χ3n) is 5.04. The predicted octanol–water partition coefficient (Wildman–Crippen LogP) is 5.88. The molecule has 1 aromatic heterocycles. The maximum atomic E-state index is 3.35. The number of fused-ring (bicyclic) bond motifs is 1. The van der Waals surface area contributed by atoms with Crippen LogP contribution in [0.4, 0.5) is 0 Å². The van der Waals surface area contributed by atoms with Crippen LogP contribution in [0.15, 0.2) is 52.2 Å². The SMILES string of the molecule is C/C=C\C1=C(C)C=C(N(C)C(C)SC2=Cc3[nH]ccc3CC2)CC1. The zero-order chi connectivity index (χ0) is 17.1. The van der Waals surface area contributed by atoms with Gasteiger partial charge in [0.25, 0.3) is 0 Å². The summed E-state index contributed by atoms with van der Waals surface area (Å²) < 4.78 is 0. The molecule has 0 bridgehead atoms. The number of allylic oxidation sites excluding steroid dienone is 7. The Balaban J connectivity index is 1.68. The first-order chi connectivity index (χ1) is 11.6. The van der Waals surface area contributed by atoms with Crippen LogP contribution < -0.4 is 0 Å². The molecule has 0 radical (unpaired) electrons. The Hall–Kier alpha value is -1.61. The van der Waals surface area contributed by atoms with E-state index in [1.54, 1.807) is 0 Å². The highest BCUT2D eigenvalue weighted by molar-refractivity contribution is 8.03. The molecule has 0 fully saturated rings. The molecule has 0 aromatic carbocycles. The Morgan fingerprint density at radius 2 is 2.04 bits per heavy atom. The minimum atomic E-state index is 0.454. The first-order valence-corrected chi connectivity index (χ1v) is 9.75. The summed E-state index contributed by atoms with van der Waals surface area (Å²) in [5.74, 6) is 0. The Morgan fingerprint density at radius 1 is 1.21 bits per heavy atom. The topological polar surface area (TPSA) is 19.0 Å². The van der Waals surface area contributed by atoms with E-state index in [4.69, 9.17) is 0 Å². The predicted molar refractivity (Wildman–Crippen MR) is 107 cm³/mol. The van der Waals surface area contributed by atoms with E-state index in [9.17, 15) is 0 Å². The van der Waals surface area contributed by atoms with Crippen LogP contribution in [0.2, 0.25) is 0 Å². The van der Waals surface area contributed by atoms with Gasteiger partial charge in [-0.3, -0.25) is 0 Å². The molecule has 3 heteroatoms. The van der Waals surface area contributed by atoms with Gasteiger partial charge in [0.2, 0.25) is 0 Å². The number of aromatic amines is 1. The van der Waals surface area contributed by atoms with Gasteiger partial charge in [-0.1, -0.05) is 12.2 Å². The summed E-state index contributed by atoms with van der Waals surface area (Å²) in [5.41, 5.74) is 7.09. The molecule has 0 saturated heterocycles. The van der Waals surface area contributed by atoms with Crippen LogP contribution in [0.1, 0.15) is 51.3 Å². The van der Waals surface area contributed by atoms with Gasteiger partial charge in [-0.15, -0.1) is 11.8 Å². The highest BCUT2D eigenvalue weighted by Crippen LogP contribution is 2.36. The van der Waals surface area contributed by atoms with Crippen molar-refractivity contribution in [1.82, 2.24) is 9.88 Å². The third-order valence-corrected chi connectivity index (χ3v) is 6.33. The van der Waals surface area contributed by atoms with E-state index in [2.05, 4.69) is 74.3 Å². The number of nitrogens with zero attached hydrogens (tertiary/aromatic N) is 1. The van der Waals surface area contributed by atoms with E-state index in [0.717, 1.165) is 25.7 Å². The van der Waals surface area contributed by atoms with Crippen LogP contribution in [0.5, 0.6) is 0 Å². The highest BCUT2D eigenvalue weighted by atomic mass is 32.2. The van der Waals surface area contributed by atoms with Gasteiger partial charge in [-0.25, -0.2) is 0 Å². The molecule has 2 aliphatic rings. The van der Waals surface area contributed by atoms with Gasteiger partial charge in [-0.05, 0) is 86.3 Å². The van der Waals surface area contributed by atoms with Gasteiger partial charge >= 0.3 is 0 Å². The summed E-state index contributed by atoms with van der Waals surface area (Å²) in [5, 5.41) is 0.454. The van der Waals surface area contributed by atoms with Crippen molar-refractivity contribution in [3.63, 3.8) is 0 Å². The molecule has 1 N–H and O–H groups in total. The zero-order valence-electron chi connectivity index (χ0n) is 15.2. The number of rotatable bonds is 5. The number of hydrogen-bond donors (Lipinski definition) is 1. The lowest BCUT2D eigenvalue weighted by Gasteiger charge is -2.32. The molecule has 0 aliphatic heterocycles. The Kier molecular flexibility index (Phi) is 5.40. The number of aromatic nitrogens is 1. The van der Waals surface area contributed by atoms with Crippen molar-refractivity contribution in [3.05, 3.63) is 63.5 Å². The van der Waals surface area contributed by atoms with Crippen LogP contribution >= 0.6 is 11.8 Å². The van der Waals surface area contributed by atoms with E-state index in [1.807, 2.05) is 11.8 Å². The van der Waals surface area contributed by atoms with E-state index in [0.29, 0.717) is 5.37 Å². The van der Waals surface area contributed by atoms with Gasteiger partial charge in [0.15, 0.2) is 0 Å². The normalized spacial score (nSPS) is 19.2. The molecule has 2 aliphatic carbocycles. The van der Waals surface area contributed by atoms with Crippen molar-refractivity contribution < 1.29 is 0 Å². The summed E-state index contributed by atoms with van der Waals surface area (Å²) in [6.07, 6.45) is 15.8. The lowest BCUT2D eigenvalue weighted by Crippen LogP contribution is -2.27. The number of aryl methyl sites for hydroxylation is 1. The molecule has 1 unspecified atom stereocenters. The number of nitrogens with one attached hydrogen (secondary N) is 1. The van der Waals surface area contributed by atoms with Crippen molar-refractivity contribution in [2.75, 3.05) is 7.05 Å². The van der Waals surface area contributed by atoms with Crippen molar-refractivity contribution in [3.8, 4) is 0 Å². The van der Waals surface area contributed by atoms with Crippen molar-refractivity contribution >= 4 is 17.8 Å². The molecule has 128 valence electrons. The molecule has 0 saturated carbocycles. The fraction of sp³-hybridized carbons (Fsp3) is 0.429. The van der Waals surface area contributed by atoms with E-state index < -0.39 is 0 Å². The van der Waals surface area contributed by atoms with Gasteiger partial charge in [-0.2, -0.15) is 0 Å². The number of thioether (sulfide) groups is 1. The summed E-state index contributed by atoms with van der Waals surface area (Å²) >= 11 is 2.00. The molecule has 1 aromatic rings. The fourth-order valence-electron chi connectivity index (χ4n) is 3.45. The molecule has 0 spiro atoms. The minimum absolute atomic E-state index is 0.454. The Labute approximate surface area is 150 Å². The average Bonchev–Trinajstić information content (AvgIpc) is 3.04. The second-order valence-corrected chi connectivity index (χ2v) is 8.14. The lowest BCUT2D eigenvalue weighted by atomic mass is 9.95. The minimum Gasteiger partial charge on any atom is -0.366 e. The van der Waals surface area contributed by atoms with Gasteiger partial charge in [0.05, 0.1) is 5.37 Å². The molecular weight excluding hydrogens is 312 g/mol. The van der Waals surface area contributed by atoms with Crippen LogP contribution in [-0.4, -0.2) is 22.3 Å². The summed E-state index contributed by atoms with van der Waals surface area (Å²) in [6, 6.07) is 2.20. The van der Waals surface area contributed by atoms with E-state index >= 15 is 0 Å². The fourth-order valence-corrected chi connectivity index (χ4v) is 4.59. The first kappa shape index (κ1) is 17.2. The molecule has 0 amide bonds. The standard InChI is InChI=1S/C21H28N2S/c1-5-6-17-7-9-19(13-15(17)2)23(4)16(3)24-20-10-8-18-11-12-22-21(18)14-20/h5-6,11-14,16,22H,7-10H2,1-4H3/b6-5-. The maximum Gasteiger partial charge on any atom is 0.0759 e. The van der Waals surface area contributed by atoms with Gasteiger partial charge in [0, 0.05) is 24.6 Å². The second kappa shape index (κ2) is 7.52. The van der Waals surface area contributed by atoms with E-state index in [-0.39, 0.29) is 0 Å². The number of hydrogen-bond acceptors (Lipinski definition) is 2. The summed E-state index contributed by atoms with van der Waals surface area (Å²) in [6.45, 7) is 6.64. The number of H-pyrrole nitrogens is 1. The summed E-state index contributed by atoms with van der Waals surface area (Å²) in [4.78, 5) is 7.29. The first-order valence-electron chi connectivity index (χ1n) is 8.88. The monoisotopic (exact) mass is 340 g/mol. The molecule has 24 heavy (non-hydrogen) atoms. The highest BCUT2D eigenvalue weighted by Gasteiger charge is 2.20. The van der Waals surface area contributed by atoms with Crippen molar-refractivity contribution in [1.29, 1.82) is 0 Å². The molecule has 3 rings (SSSR count). The lowest BCUT2D eigenvalue weighted by molar-refractivity contribution is 0.393. The van der Waals surface area contributed by atoms with Gasteiger partial charge in [0.1, 0.15) is 0 Å². The molecule has 2 nitrogen and oxygen atoms in total. The van der Waals surface area contributed by atoms with Crippen molar-refractivity contribution in [2.24, 2.45) is 0 Å². The van der Waals surface area contributed by atoms with E-state index in [1.165, 1.54) is 33.0 Å². The quantitative estimate of drug-likeness (QED) is 0.675. The van der Waals surface area contributed by atoms with Crippen LogP contribution in [0, 0.1) is 0 Å². The van der Waals surface area contributed by atoms with Gasteiger partial charge < -0.3 is 9.88 Å². The van der Waals surface area contributed by atoms with Crippen molar-refractivity contribution in [2.45, 2.75) is 51.8 Å². The maximum absolute atomic E-state index is 3.35. The second-order valence-electron chi connectivity index (χ2n) is 6.70. The smallest absolute Gasteiger partial charge is 0.0759 e. The summed E-state index contributed by atoms with van der Waals surface area (Å²) in [7, 11) is 2.24. The zero-order valence-corrected chi connectivity index (χ0v) is 16.0. The largest absolute Gasteiger partial charge is 0.366 e. The van der Waals surface area contributed by atoms with Crippen LogP contribution in [0.3, 0.4) is 0 Å². The molecular formula is C21H28N2S. The molecule has 1 heterocycles. The third kappa shape index (κ3) is 3.72. The Morgan fingerprint density at radius 3 is 2.79 bits per heavy atom. The van der Waals surface area contributed by atoms with Crippen LogP contribution in [-0.2, 0) is 6.42 Å².